The predicted molar refractivity (Wildman–Crippen MR) is 121 cm³/mol. The second-order valence-electron chi connectivity index (χ2n) is 7.19. The molecule has 1 aliphatic rings. The van der Waals surface area contributed by atoms with Crippen molar-refractivity contribution in [1.82, 2.24) is 25.0 Å². The molecular formula is C21H22N6O2S2. The second-order valence-corrected chi connectivity index (χ2v) is 9.44. The van der Waals surface area contributed by atoms with Gasteiger partial charge in [-0.2, -0.15) is 0 Å². The molecule has 4 heterocycles. The first-order valence-electron chi connectivity index (χ1n) is 10.1. The average molecular weight is 455 g/mol. The van der Waals surface area contributed by atoms with Crippen LogP contribution in [0.1, 0.15) is 23.6 Å². The number of hydrogen-bond acceptors (Lipinski definition) is 9. The standard InChI is InChI=1S/C21H22N6O2S2/c1-14-6-3-4-7-16(14)27-20(26-9-11-28-12-10-26)24-25-21(27)31-15(2)18-22-23-19(29-18)17-8-5-13-30-17/h3-8,13,15H,9-12H2,1-2H3. The largest absolute Gasteiger partial charge is 0.419 e. The number of hydrogen-bond donors (Lipinski definition) is 0. The summed E-state index contributed by atoms with van der Waals surface area (Å²) in [4.78, 5) is 3.19. The number of ether oxygens (including phenoxy) is 1. The molecular weight excluding hydrogens is 432 g/mol. The predicted octanol–water partition coefficient (Wildman–Crippen LogP) is 4.38. The number of para-hydroxylation sites is 1. The molecule has 31 heavy (non-hydrogen) atoms. The molecule has 1 atom stereocenters. The topological polar surface area (TPSA) is 82.1 Å². The Kier molecular flexibility index (Phi) is 5.75. The van der Waals surface area contributed by atoms with Gasteiger partial charge in [0.2, 0.25) is 11.8 Å². The number of aryl methyl sites for hydroxylation is 1. The van der Waals surface area contributed by atoms with Crippen molar-refractivity contribution in [2.45, 2.75) is 24.3 Å². The van der Waals surface area contributed by atoms with Crippen molar-refractivity contribution in [1.29, 1.82) is 0 Å². The van der Waals surface area contributed by atoms with Crippen LogP contribution in [-0.2, 0) is 4.74 Å². The van der Waals surface area contributed by atoms with E-state index in [-0.39, 0.29) is 5.25 Å². The third kappa shape index (κ3) is 4.10. The number of benzene rings is 1. The van der Waals surface area contributed by atoms with E-state index in [9.17, 15) is 0 Å². The number of aromatic nitrogens is 5. The molecule has 1 saturated heterocycles. The highest BCUT2D eigenvalue weighted by atomic mass is 32.2. The Morgan fingerprint density at radius 3 is 2.65 bits per heavy atom. The summed E-state index contributed by atoms with van der Waals surface area (Å²) in [5.41, 5.74) is 2.22. The van der Waals surface area contributed by atoms with E-state index in [1.807, 2.05) is 36.6 Å². The van der Waals surface area contributed by atoms with Crippen LogP contribution < -0.4 is 4.90 Å². The first kappa shape index (κ1) is 20.2. The van der Waals surface area contributed by atoms with E-state index in [1.165, 1.54) is 0 Å². The van der Waals surface area contributed by atoms with Gasteiger partial charge in [0.1, 0.15) is 0 Å². The van der Waals surface area contributed by atoms with Crippen LogP contribution in [0.4, 0.5) is 5.95 Å². The van der Waals surface area contributed by atoms with Crippen LogP contribution in [0, 0.1) is 6.92 Å². The van der Waals surface area contributed by atoms with Gasteiger partial charge >= 0.3 is 0 Å². The van der Waals surface area contributed by atoms with Crippen molar-refractivity contribution in [3.05, 3.63) is 53.2 Å². The highest BCUT2D eigenvalue weighted by Crippen LogP contribution is 2.38. The molecule has 0 aliphatic carbocycles. The molecule has 4 aromatic rings. The summed E-state index contributed by atoms with van der Waals surface area (Å²) >= 11 is 3.14. The van der Waals surface area contributed by atoms with E-state index >= 15 is 0 Å². The number of morpholine rings is 1. The number of thiophene rings is 1. The Bertz CT molecular complexity index is 1150. The van der Waals surface area contributed by atoms with Crippen LogP contribution >= 0.6 is 23.1 Å². The molecule has 0 N–H and O–H groups in total. The number of thioether (sulfide) groups is 1. The van der Waals surface area contributed by atoms with Crippen molar-refractivity contribution in [2.75, 3.05) is 31.2 Å². The van der Waals surface area contributed by atoms with Gasteiger partial charge in [0.25, 0.3) is 5.89 Å². The third-order valence-corrected chi connectivity index (χ3v) is 6.96. The second kappa shape index (κ2) is 8.81. The van der Waals surface area contributed by atoms with Crippen molar-refractivity contribution < 1.29 is 9.15 Å². The Morgan fingerprint density at radius 2 is 1.87 bits per heavy atom. The van der Waals surface area contributed by atoms with Gasteiger partial charge in [0, 0.05) is 13.1 Å². The molecule has 1 unspecified atom stereocenters. The van der Waals surface area contributed by atoms with Crippen molar-refractivity contribution in [3.8, 4) is 16.5 Å². The average Bonchev–Trinajstić information content (AvgIpc) is 3.55. The molecule has 1 aliphatic heterocycles. The molecule has 1 fully saturated rings. The van der Waals surface area contributed by atoms with Gasteiger partial charge in [-0.05, 0) is 36.9 Å². The Balaban J connectivity index is 1.47. The zero-order valence-electron chi connectivity index (χ0n) is 17.3. The molecule has 0 radical (unpaired) electrons. The first-order valence-corrected chi connectivity index (χ1v) is 11.8. The normalized spacial score (nSPS) is 15.4. The zero-order chi connectivity index (χ0) is 21.2. The lowest BCUT2D eigenvalue weighted by atomic mass is 10.2. The van der Waals surface area contributed by atoms with Crippen LogP contribution in [-0.4, -0.2) is 51.3 Å². The summed E-state index contributed by atoms with van der Waals surface area (Å²) in [5, 5.41) is 20.3. The SMILES string of the molecule is Cc1ccccc1-n1c(SC(C)c2nnc(-c3cccs3)o2)nnc1N1CCOCC1. The van der Waals surface area contributed by atoms with Crippen molar-refractivity contribution >= 4 is 29.0 Å². The molecule has 0 amide bonds. The van der Waals surface area contributed by atoms with Crippen molar-refractivity contribution in [2.24, 2.45) is 0 Å². The molecule has 5 rings (SSSR count). The molecule has 0 bridgehead atoms. The minimum Gasteiger partial charge on any atom is -0.419 e. The number of anilines is 1. The monoisotopic (exact) mass is 454 g/mol. The quantitative estimate of drug-likeness (QED) is 0.397. The van der Waals surface area contributed by atoms with Crippen LogP contribution in [0.25, 0.3) is 16.5 Å². The molecule has 10 heteroatoms. The van der Waals surface area contributed by atoms with Crippen LogP contribution in [0.3, 0.4) is 0 Å². The van der Waals surface area contributed by atoms with Gasteiger partial charge in [-0.15, -0.1) is 31.7 Å². The third-order valence-electron chi connectivity index (χ3n) is 5.07. The van der Waals surface area contributed by atoms with Crippen LogP contribution in [0.5, 0.6) is 0 Å². The summed E-state index contributed by atoms with van der Waals surface area (Å²) < 4.78 is 13.6. The zero-order valence-corrected chi connectivity index (χ0v) is 18.9. The van der Waals surface area contributed by atoms with Gasteiger partial charge < -0.3 is 14.1 Å². The van der Waals surface area contributed by atoms with Gasteiger partial charge in [-0.1, -0.05) is 36.0 Å². The molecule has 8 nitrogen and oxygen atoms in total. The maximum Gasteiger partial charge on any atom is 0.257 e. The Morgan fingerprint density at radius 1 is 1.03 bits per heavy atom. The fraction of sp³-hybridized carbons (Fsp3) is 0.333. The molecule has 0 spiro atoms. The van der Waals surface area contributed by atoms with Crippen LogP contribution in [0.2, 0.25) is 0 Å². The summed E-state index contributed by atoms with van der Waals surface area (Å²) in [6.07, 6.45) is 0. The lowest BCUT2D eigenvalue weighted by Crippen LogP contribution is -2.38. The molecule has 0 saturated carbocycles. The first-order chi connectivity index (χ1) is 15.2. The van der Waals surface area contributed by atoms with Gasteiger partial charge in [-0.3, -0.25) is 4.57 Å². The minimum atomic E-state index is -0.0780. The van der Waals surface area contributed by atoms with E-state index in [0.717, 1.165) is 40.3 Å². The summed E-state index contributed by atoms with van der Waals surface area (Å²) in [7, 11) is 0. The highest BCUT2D eigenvalue weighted by Gasteiger charge is 2.25. The van der Waals surface area contributed by atoms with E-state index < -0.39 is 0 Å². The number of rotatable bonds is 6. The van der Waals surface area contributed by atoms with Crippen molar-refractivity contribution in [3.63, 3.8) is 0 Å². The van der Waals surface area contributed by atoms with Gasteiger partial charge in [0.05, 0.1) is 29.0 Å². The van der Waals surface area contributed by atoms with E-state index in [1.54, 1.807) is 23.1 Å². The Labute approximate surface area is 188 Å². The highest BCUT2D eigenvalue weighted by molar-refractivity contribution is 7.99. The maximum atomic E-state index is 5.94. The Hall–Kier alpha value is -2.69. The maximum absolute atomic E-state index is 5.94. The van der Waals surface area contributed by atoms with Gasteiger partial charge in [0.15, 0.2) is 5.16 Å². The lowest BCUT2D eigenvalue weighted by Gasteiger charge is -2.28. The fourth-order valence-corrected chi connectivity index (χ4v) is 4.97. The van der Waals surface area contributed by atoms with E-state index in [2.05, 4.69) is 48.9 Å². The molecule has 160 valence electrons. The van der Waals surface area contributed by atoms with Crippen LogP contribution in [0.15, 0.2) is 51.4 Å². The van der Waals surface area contributed by atoms with E-state index in [0.29, 0.717) is 25.0 Å². The fourth-order valence-electron chi connectivity index (χ4n) is 3.44. The van der Waals surface area contributed by atoms with Gasteiger partial charge in [-0.25, -0.2) is 0 Å². The molecule has 1 aromatic carbocycles. The summed E-state index contributed by atoms with van der Waals surface area (Å²) in [6, 6.07) is 12.2. The smallest absolute Gasteiger partial charge is 0.257 e. The summed E-state index contributed by atoms with van der Waals surface area (Å²) in [5.74, 6) is 1.95. The number of nitrogens with zero attached hydrogens (tertiary/aromatic N) is 6. The van der Waals surface area contributed by atoms with E-state index in [4.69, 9.17) is 9.15 Å². The summed E-state index contributed by atoms with van der Waals surface area (Å²) in [6.45, 7) is 7.10. The molecule has 3 aromatic heterocycles. The lowest BCUT2D eigenvalue weighted by molar-refractivity contribution is 0.122. The minimum absolute atomic E-state index is 0.0780.